The summed E-state index contributed by atoms with van der Waals surface area (Å²) in [6, 6.07) is 15.5. The third kappa shape index (κ3) is 3.90. The molecule has 0 radical (unpaired) electrons. The van der Waals surface area contributed by atoms with E-state index in [1.165, 1.54) is 12.8 Å². The molecule has 1 aliphatic rings. The third-order valence-electron chi connectivity index (χ3n) is 4.83. The lowest BCUT2D eigenvalue weighted by Gasteiger charge is -2.20. The van der Waals surface area contributed by atoms with Gasteiger partial charge in [0.05, 0.1) is 11.9 Å². The molecule has 1 saturated heterocycles. The minimum absolute atomic E-state index is 0.106. The molecule has 6 heteroatoms. The van der Waals surface area contributed by atoms with Crippen molar-refractivity contribution in [3.05, 3.63) is 65.9 Å². The molecular formula is C21H21BrN4O. The smallest absolute Gasteiger partial charge is 0.255 e. The number of nitrogens with one attached hydrogen (secondary N) is 2. The van der Waals surface area contributed by atoms with Crippen molar-refractivity contribution in [3.8, 4) is 11.3 Å². The van der Waals surface area contributed by atoms with Crippen LogP contribution in [0.3, 0.4) is 0 Å². The summed E-state index contributed by atoms with van der Waals surface area (Å²) in [5.74, 6) is -0.106. The Bertz CT molecular complexity index is 932. The fourth-order valence-electron chi connectivity index (χ4n) is 3.44. The Morgan fingerprint density at radius 3 is 2.67 bits per heavy atom. The van der Waals surface area contributed by atoms with E-state index in [9.17, 15) is 4.79 Å². The van der Waals surface area contributed by atoms with E-state index >= 15 is 0 Å². The highest BCUT2D eigenvalue weighted by atomic mass is 79.9. The largest absolute Gasteiger partial charge is 0.371 e. The lowest BCUT2D eigenvalue weighted by molar-refractivity contribution is 0.102. The van der Waals surface area contributed by atoms with Crippen LogP contribution in [0.5, 0.6) is 0 Å². The number of anilines is 2. The number of alkyl halides is 1. The van der Waals surface area contributed by atoms with Crippen LogP contribution in [-0.4, -0.2) is 29.2 Å². The summed E-state index contributed by atoms with van der Waals surface area (Å²) in [6.45, 7) is 2.09. The summed E-state index contributed by atoms with van der Waals surface area (Å²) < 4.78 is 0. The van der Waals surface area contributed by atoms with Gasteiger partial charge in [-0.05, 0) is 43.2 Å². The van der Waals surface area contributed by atoms with E-state index in [4.69, 9.17) is 0 Å². The molecule has 0 unspecified atom stereocenters. The molecule has 0 atom stereocenters. The topological polar surface area (TPSA) is 61.0 Å². The molecule has 27 heavy (non-hydrogen) atoms. The predicted octanol–water partition coefficient (Wildman–Crippen LogP) is 4.82. The highest BCUT2D eigenvalue weighted by molar-refractivity contribution is 9.08. The van der Waals surface area contributed by atoms with Crippen LogP contribution < -0.4 is 10.2 Å². The predicted molar refractivity (Wildman–Crippen MR) is 112 cm³/mol. The number of carbonyl (C=O) groups is 1. The zero-order chi connectivity index (χ0) is 18.6. The molecular weight excluding hydrogens is 404 g/mol. The van der Waals surface area contributed by atoms with Gasteiger partial charge in [-0.2, -0.15) is 5.10 Å². The second-order valence-electron chi connectivity index (χ2n) is 6.69. The van der Waals surface area contributed by atoms with Gasteiger partial charge >= 0.3 is 0 Å². The highest BCUT2D eigenvalue weighted by Gasteiger charge is 2.17. The Hall–Kier alpha value is -2.60. The summed E-state index contributed by atoms with van der Waals surface area (Å²) in [4.78, 5) is 15.0. The minimum atomic E-state index is -0.106. The van der Waals surface area contributed by atoms with Gasteiger partial charge in [-0.25, -0.2) is 0 Å². The molecule has 0 spiro atoms. The van der Waals surface area contributed by atoms with Gasteiger partial charge < -0.3 is 10.2 Å². The maximum atomic E-state index is 12.6. The normalized spacial score (nSPS) is 13.7. The van der Waals surface area contributed by atoms with Crippen molar-refractivity contribution in [2.24, 2.45) is 0 Å². The SMILES string of the molecule is O=C(Nc1cc(-c2[nH]ncc2CBr)cc(N2CCCC2)c1)c1ccccc1. The number of H-pyrrole nitrogens is 1. The van der Waals surface area contributed by atoms with Crippen molar-refractivity contribution in [2.45, 2.75) is 18.2 Å². The monoisotopic (exact) mass is 424 g/mol. The van der Waals surface area contributed by atoms with Gasteiger partial charge in [-0.1, -0.05) is 34.1 Å². The zero-order valence-corrected chi connectivity index (χ0v) is 16.5. The van der Waals surface area contributed by atoms with Gasteiger partial charge in [0.1, 0.15) is 0 Å². The Morgan fingerprint density at radius 1 is 1.15 bits per heavy atom. The number of rotatable bonds is 5. The number of halogens is 1. The molecule has 2 aromatic carbocycles. The first-order valence-electron chi connectivity index (χ1n) is 9.09. The van der Waals surface area contributed by atoms with Crippen LogP contribution in [0.1, 0.15) is 28.8 Å². The van der Waals surface area contributed by atoms with E-state index in [1.807, 2.05) is 42.6 Å². The summed E-state index contributed by atoms with van der Waals surface area (Å²) in [6.07, 6.45) is 4.23. The van der Waals surface area contributed by atoms with E-state index in [0.29, 0.717) is 5.56 Å². The maximum Gasteiger partial charge on any atom is 0.255 e. The van der Waals surface area contributed by atoms with Gasteiger partial charge in [-0.15, -0.1) is 0 Å². The molecule has 2 N–H and O–H groups in total. The van der Waals surface area contributed by atoms with Gasteiger partial charge in [0, 0.05) is 46.5 Å². The fourth-order valence-corrected chi connectivity index (χ4v) is 3.87. The van der Waals surface area contributed by atoms with Crippen LogP contribution in [0.4, 0.5) is 11.4 Å². The van der Waals surface area contributed by atoms with E-state index in [0.717, 1.165) is 46.6 Å². The van der Waals surface area contributed by atoms with Crippen LogP contribution >= 0.6 is 15.9 Å². The second-order valence-corrected chi connectivity index (χ2v) is 7.25. The molecule has 4 rings (SSSR count). The van der Waals surface area contributed by atoms with Crippen LogP contribution in [0.2, 0.25) is 0 Å². The molecule has 1 aliphatic heterocycles. The molecule has 1 amide bonds. The maximum absolute atomic E-state index is 12.6. The van der Waals surface area contributed by atoms with E-state index in [2.05, 4.69) is 48.5 Å². The number of aromatic amines is 1. The lowest BCUT2D eigenvalue weighted by Crippen LogP contribution is -2.18. The lowest BCUT2D eigenvalue weighted by atomic mass is 10.1. The van der Waals surface area contributed by atoms with E-state index in [-0.39, 0.29) is 5.91 Å². The summed E-state index contributed by atoms with van der Waals surface area (Å²) >= 11 is 3.52. The third-order valence-corrected chi connectivity index (χ3v) is 5.44. The number of benzene rings is 2. The van der Waals surface area contributed by atoms with E-state index < -0.39 is 0 Å². The minimum Gasteiger partial charge on any atom is -0.371 e. The Balaban J connectivity index is 1.70. The molecule has 1 aromatic heterocycles. The van der Waals surface area contributed by atoms with Crippen molar-refractivity contribution >= 4 is 33.2 Å². The van der Waals surface area contributed by atoms with Crippen LogP contribution in [0, 0.1) is 0 Å². The van der Waals surface area contributed by atoms with Gasteiger partial charge in [0.15, 0.2) is 0 Å². The molecule has 2 heterocycles. The van der Waals surface area contributed by atoms with Crippen LogP contribution in [0.15, 0.2) is 54.7 Å². The number of aromatic nitrogens is 2. The highest BCUT2D eigenvalue weighted by Crippen LogP contribution is 2.32. The molecule has 0 saturated carbocycles. The Morgan fingerprint density at radius 2 is 1.93 bits per heavy atom. The number of carbonyl (C=O) groups excluding carboxylic acids is 1. The van der Waals surface area contributed by atoms with Crippen LogP contribution in [-0.2, 0) is 5.33 Å². The number of nitrogens with zero attached hydrogens (tertiary/aromatic N) is 2. The van der Waals surface area contributed by atoms with Crippen molar-refractivity contribution in [1.82, 2.24) is 10.2 Å². The Kier molecular flexibility index (Phi) is 5.25. The van der Waals surface area contributed by atoms with Crippen molar-refractivity contribution < 1.29 is 4.79 Å². The standard InChI is InChI=1S/C21H21BrN4O/c22-13-17-14-23-25-20(17)16-10-18(12-19(11-16)26-8-4-5-9-26)24-21(27)15-6-2-1-3-7-15/h1-3,6-7,10-12,14H,4-5,8-9,13H2,(H,23,25)(H,24,27). The molecule has 0 bridgehead atoms. The van der Waals surface area contributed by atoms with Crippen LogP contribution in [0.25, 0.3) is 11.3 Å². The first-order chi connectivity index (χ1) is 13.2. The van der Waals surface area contributed by atoms with Crippen molar-refractivity contribution in [1.29, 1.82) is 0 Å². The summed E-state index contributed by atoms with van der Waals surface area (Å²) in [5.41, 5.74) is 5.65. The Labute approximate surface area is 166 Å². The fraction of sp³-hybridized carbons (Fsp3) is 0.238. The molecule has 0 aliphatic carbocycles. The first-order valence-corrected chi connectivity index (χ1v) is 10.2. The quantitative estimate of drug-likeness (QED) is 0.576. The average Bonchev–Trinajstić information content (AvgIpc) is 3.40. The molecule has 1 fully saturated rings. The molecule has 5 nitrogen and oxygen atoms in total. The van der Waals surface area contributed by atoms with E-state index in [1.54, 1.807) is 0 Å². The number of hydrogen-bond acceptors (Lipinski definition) is 3. The number of amides is 1. The molecule has 3 aromatic rings. The van der Waals surface area contributed by atoms with Gasteiger partial charge in [0.2, 0.25) is 0 Å². The van der Waals surface area contributed by atoms with Gasteiger partial charge in [0.25, 0.3) is 5.91 Å². The summed E-state index contributed by atoms with van der Waals surface area (Å²) in [5, 5.41) is 11.0. The van der Waals surface area contributed by atoms with Crippen molar-refractivity contribution in [2.75, 3.05) is 23.3 Å². The second kappa shape index (κ2) is 7.96. The first kappa shape index (κ1) is 17.8. The molecule has 138 valence electrons. The number of hydrogen-bond donors (Lipinski definition) is 2. The average molecular weight is 425 g/mol. The van der Waals surface area contributed by atoms with Gasteiger partial charge in [-0.3, -0.25) is 9.89 Å². The summed E-state index contributed by atoms with van der Waals surface area (Å²) in [7, 11) is 0. The van der Waals surface area contributed by atoms with Crippen molar-refractivity contribution in [3.63, 3.8) is 0 Å². The zero-order valence-electron chi connectivity index (χ0n) is 14.9.